The van der Waals surface area contributed by atoms with Crippen molar-refractivity contribution < 1.29 is 17.9 Å². The Morgan fingerprint density at radius 2 is 1.67 bits per heavy atom. The topological polar surface area (TPSA) is 84.5 Å². The minimum atomic E-state index is -3.86. The Hall–Kier alpha value is -2.38. The number of ether oxygens (including phenoxy) is 1. The van der Waals surface area contributed by atoms with E-state index in [0.29, 0.717) is 11.3 Å². The van der Waals surface area contributed by atoms with E-state index in [1.165, 1.54) is 0 Å². The van der Waals surface area contributed by atoms with Gasteiger partial charge in [-0.3, -0.25) is 10.2 Å². The molecule has 0 aliphatic heterocycles. The molecule has 7 heteroatoms. The smallest absolute Gasteiger partial charge is 0.272 e. The second-order valence-electron chi connectivity index (χ2n) is 6.91. The summed E-state index contributed by atoms with van der Waals surface area (Å²) < 4.78 is 30.4. The van der Waals surface area contributed by atoms with Crippen LogP contribution in [0.25, 0.3) is 0 Å². The Labute approximate surface area is 161 Å². The number of carbonyl (C=O) groups excluding carboxylic acids is 1. The molecule has 2 rings (SSSR count). The summed E-state index contributed by atoms with van der Waals surface area (Å²) in [5.74, 6) is 0.282. The molecule has 0 radical (unpaired) electrons. The van der Waals surface area contributed by atoms with Gasteiger partial charge in [-0.25, -0.2) is 8.42 Å². The Balaban J connectivity index is 2.01. The number of hydrogen-bond acceptors (Lipinski definition) is 4. The van der Waals surface area contributed by atoms with Gasteiger partial charge >= 0.3 is 0 Å². The Bertz CT molecular complexity index is 937. The number of rotatable bonds is 7. The van der Waals surface area contributed by atoms with E-state index >= 15 is 0 Å². The summed E-state index contributed by atoms with van der Waals surface area (Å²) in [5, 5.41) is 0. The van der Waals surface area contributed by atoms with E-state index in [1.54, 1.807) is 26.0 Å². The Morgan fingerprint density at radius 1 is 1.04 bits per heavy atom. The number of hydrogen-bond donors (Lipinski definition) is 2. The molecule has 2 aromatic rings. The van der Waals surface area contributed by atoms with Gasteiger partial charge in [0.1, 0.15) is 5.75 Å². The zero-order valence-corrected chi connectivity index (χ0v) is 17.1. The summed E-state index contributed by atoms with van der Waals surface area (Å²) in [4.78, 5) is 14.3. The molecular weight excluding hydrogens is 364 g/mol. The normalized spacial score (nSPS) is 11.5. The maximum atomic E-state index is 12.4. The van der Waals surface area contributed by atoms with Crippen LogP contribution in [0.1, 0.15) is 42.0 Å². The van der Waals surface area contributed by atoms with Crippen LogP contribution in [0.2, 0.25) is 0 Å². The highest BCUT2D eigenvalue weighted by atomic mass is 32.2. The predicted molar refractivity (Wildman–Crippen MR) is 105 cm³/mol. The molecule has 2 N–H and O–H groups in total. The number of nitrogens with one attached hydrogen (secondary N) is 2. The number of carbonyl (C=O) groups is 1. The van der Waals surface area contributed by atoms with Crippen LogP contribution >= 0.6 is 0 Å². The van der Waals surface area contributed by atoms with Gasteiger partial charge in [-0.2, -0.15) is 0 Å². The third-order valence-electron chi connectivity index (χ3n) is 4.11. The number of sulfonamides is 1. The lowest BCUT2D eigenvalue weighted by molar-refractivity contribution is -0.123. The molecule has 0 spiro atoms. The molecule has 0 heterocycles. The molecule has 2 aromatic carbocycles. The van der Waals surface area contributed by atoms with Crippen LogP contribution in [-0.4, -0.2) is 20.9 Å². The lowest BCUT2D eigenvalue weighted by Gasteiger charge is -2.15. The summed E-state index contributed by atoms with van der Waals surface area (Å²) in [7, 11) is -3.86. The van der Waals surface area contributed by atoms with E-state index in [-0.39, 0.29) is 17.4 Å². The van der Waals surface area contributed by atoms with E-state index in [0.717, 1.165) is 16.7 Å². The van der Waals surface area contributed by atoms with Crippen molar-refractivity contribution >= 4 is 15.9 Å². The monoisotopic (exact) mass is 390 g/mol. The first-order valence-corrected chi connectivity index (χ1v) is 10.2. The number of hydrazine groups is 1. The molecular formula is C20H26N2O4S. The molecule has 0 aliphatic carbocycles. The molecule has 0 aromatic heterocycles. The fourth-order valence-corrected chi connectivity index (χ4v) is 3.79. The van der Waals surface area contributed by atoms with Crippen LogP contribution in [0.5, 0.6) is 5.75 Å². The first-order chi connectivity index (χ1) is 12.6. The maximum Gasteiger partial charge on any atom is 0.272 e. The summed E-state index contributed by atoms with van der Waals surface area (Å²) in [6.45, 7) is 9.23. The molecule has 0 atom stereocenters. The van der Waals surface area contributed by atoms with Gasteiger partial charge in [0, 0.05) is 0 Å². The van der Waals surface area contributed by atoms with Crippen LogP contribution in [-0.2, 0) is 14.8 Å². The van der Waals surface area contributed by atoms with E-state index in [4.69, 9.17) is 4.74 Å². The standard InChI is InChI=1S/C20H26N2O4S/c1-13(2)17-9-7-14(3)10-18(17)26-12-20(23)21-22-27(24,25)19-11-15(4)6-8-16(19)5/h6-11,13,22H,12H2,1-5H3,(H,21,23). The van der Waals surface area contributed by atoms with Crippen LogP contribution < -0.4 is 15.0 Å². The number of benzene rings is 2. The highest BCUT2D eigenvalue weighted by molar-refractivity contribution is 7.89. The third kappa shape index (κ3) is 5.55. The largest absolute Gasteiger partial charge is 0.483 e. The lowest BCUT2D eigenvalue weighted by atomic mass is 10.0. The van der Waals surface area contributed by atoms with Crippen LogP contribution in [0.15, 0.2) is 41.3 Å². The highest BCUT2D eigenvalue weighted by Crippen LogP contribution is 2.27. The fourth-order valence-electron chi connectivity index (χ4n) is 2.60. The zero-order chi connectivity index (χ0) is 20.2. The predicted octanol–water partition coefficient (Wildman–Crippen LogP) is 3.12. The van der Waals surface area contributed by atoms with Crippen LogP contribution in [0.3, 0.4) is 0 Å². The van der Waals surface area contributed by atoms with E-state index < -0.39 is 15.9 Å². The summed E-state index contributed by atoms with van der Waals surface area (Å²) in [5.41, 5.74) is 5.62. The molecule has 0 bridgehead atoms. The van der Waals surface area contributed by atoms with Gasteiger partial charge in [0.05, 0.1) is 4.90 Å². The molecule has 6 nitrogen and oxygen atoms in total. The molecule has 27 heavy (non-hydrogen) atoms. The lowest BCUT2D eigenvalue weighted by Crippen LogP contribution is -2.44. The molecule has 1 amide bonds. The molecule has 0 saturated carbocycles. The minimum Gasteiger partial charge on any atom is -0.483 e. The number of aryl methyl sites for hydroxylation is 3. The Morgan fingerprint density at radius 3 is 2.33 bits per heavy atom. The van der Waals surface area contributed by atoms with Gasteiger partial charge in [0.2, 0.25) is 0 Å². The van der Waals surface area contributed by atoms with E-state index in [9.17, 15) is 13.2 Å². The summed E-state index contributed by atoms with van der Waals surface area (Å²) in [6.07, 6.45) is 0. The average Bonchev–Trinajstić information content (AvgIpc) is 2.60. The first-order valence-electron chi connectivity index (χ1n) is 8.71. The van der Waals surface area contributed by atoms with Crippen molar-refractivity contribution in [1.29, 1.82) is 0 Å². The molecule has 0 saturated heterocycles. The zero-order valence-electron chi connectivity index (χ0n) is 16.3. The Kier molecular flexibility index (Phi) is 6.62. The molecule has 0 fully saturated rings. The molecule has 0 unspecified atom stereocenters. The second kappa shape index (κ2) is 8.54. The van der Waals surface area contributed by atoms with Gasteiger partial charge in [0.15, 0.2) is 6.61 Å². The van der Waals surface area contributed by atoms with Gasteiger partial charge in [0.25, 0.3) is 15.9 Å². The van der Waals surface area contributed by atoms with E-state index in [1.807, 2.05) is 45.0 Å². The number of amides is 1. The van der Waals surface area contributed by atoms with Crippen molar-refractivity contribution in [1.82, 2.24) is 10.3 Å². The molecule has 0 aliphatic rings. The summed E-state index contributed by atoms with van der Waals surface area (Å²) in [6, 6.07) is 10.9. The van der Waals surface area contributed by atoms with Gasteiger partial charge in [-0.05, 0) is 61.1 Å². The van der Waals surface area contributed by atoms with Crippen molar-refractivity contribution in [3.8, 4) is 5.75 Å². The van der Waals surface area contributed by atoms with Crippen LogP contribution in [0.4, 0.5) is 0 Å². The van der Waals surface area contributed by atoms with Crippen molar-refractivity contribution in [3.05, 3.63) is 58.7 Å². The van der Waals surface area contributed by atoms with Gasteiger partial charge in [-0.15, -0.1) is 4.83 Å². The first kappa shape index (κ1) is 20.9. The van der Waals surface area contributed by atoms with Crippen molar-refractivity contribution in [2.24, 2.45) is 0 Å². The SMILES string of the molecule is Cc1ccc(C(C)C)c(OCC(=O)NNS(=O)(=O)c2cc(C)ccc2C)c1. The molecule has 146 valence electrons. The van der Waals surface area contributed by atoms with Crippen LogP contribution in [0, 0.1) is 20.8 Å². The summed E-state index contributed by atoms with van der Waals surface area (Å²) >= 11 is 0. The second-order valence-corrected chi connectivity index (χ2v) is 8.56. The van der Waals surface area contributed by atoms with E-state index in [2.05, 4.69) is 10.3 Å². The van der Waals surface area contributed by atoms with Gasteiger partial charge < -0.3 is 4.74 Å². The van der Waals surface area contributed by atoms with Crippen molar-refractivity contribution in [2.75, 3.05) is 6.61 Å². The fraction of sp³-hybridized carbons (Fsp3) is 0.350. The van der Waals surface area contributed by atoms with Gasteiger partial charge in [-0.1, -0.05) is 38.1 Å². The maximum absolute atomic E-state index is 12.4. The quantitative estimate of drug-likeness (QED) is 0.712. The third-order valence-corrected chi connectivity index (χ3v) is 5.50. The van der Waals surface area contributed by atoms with Crippen molar-refractivity contribution in [2.45, 2.75) is 45.4 Å². The minimum absolute atomic E-state index is 0.129. The van der Waals surface area contributed by atoms with Crippen molar-refractivity contribution in [3.63, 3.8) is 0 Å². The highest BCUT2D eigenvalue weighted by Gasteiger charge is 2.18. The average molecular weight is 391 g/mol.